The Morgan fingerprint density at radius 3 is 2.48 bits per heavy atom. The highest BCUT2D eigenvalue weighted by atomic mass is 32.2. The molecule has 0 aliphatic heterocycles. The highest BCUT2D eigenvalue weighted by Gasteiger charge is 2.09. The van der Waals surface area contributed by atoms with Crippen molar-refractivity contribution in [3.05, 3.63) is 24.3 Å². The number of benzene rings is 1. The van der Waals surface area contributed by atoms with Crippen molar-refractivity contribution >= 4 is 45.5 Å². The topological polar surface area (TPSA) is 70.2 Å². The van der Waals surface area contributed by atoms with Crippen LogP contribution in [0.15, 0.2) is 28.6 Å². The van der Waals surface area contributed by atoms with Gasteiger partial charge in [0.1, 0.15) is 0 Å². The Morgan fingerprint density at radius 1 is 1.20 bits per heavy atom. The van der Waals surface area contributed by atoms with Gasteiger partial charge in [-0.05, 0) is 52.0 Å². The smallest absolute Gasteiger partial charge is 0.234 e. The van der Waals surface area contributed by atoms with Crippen molar-refractivity contribution in [1.29, 1.82) is 0 Å². The van der Waals surface area contributed by atoms with Crippen LogP contribution in [0.3, 0.4) is 0 Å². The fourth-order valence-corrected chi connectivity index (χ4v) is 3.94. The van der Waals surface area contributed by atoms with Gasteiger partial charge >= 0.3 is 0 Å². The van der Waals surface area contributed by atoms with E-state index in [1.807, 2.05) is 38.1 Å². The van der Waals surface area contributed by atoms with E-state index < -0.39 is 0 Å². The lowest BCUT2D eigenvalue weighted by molar-refractivity contribution is -0.113. The minimum atomic E-state index is -0.0471. The van der Waals surface area contributed by atoms with Crippen molar-refractivity contribution < 1.29 is 4.79 Å². The van der Waals surface area contributed by atoms with E-state index in [9.17, 15) is 4.79 Å². The predicted molar refractivity (Wildman–Crippen MR) is 108 cm³/mol. The summed E-state index contributed by atoms with van der Waals surface area (Å²) in [5, 5.41) is 15.0. The molecule has 1 aromatic heterocycles. The van der Waals surface area contributed by atoms with Crippen LogP contribution in [-0.2, 0) is 4.79 Å². The first kappa shape index (κ1) is 19.5. The molecule has 1 heterocycles. The molecule has 0 radical (unpaired) electrons. The van der Waals surface area contributed by atoms with Gasteiger partial charge in [-0.15, -0.1) is 10.2 Å². The molecule has 0 atom stereocenters. The Morgan fingerprint density at radius 2 is 1.88 bits per heavy atom. The molecule has 1 aromatic carbocycles. The van der Waals surface area contributed by atoms with Crippen LogP contribution in [-0.4, -0.2) is 41.0 Å². The van der Waals surface area contributed by atoms with Crippen molar-refractivity contribution in [2.24, 2.45) is 0 Å². The number of hydrogen-bond donors (Lipinski definition) is 2. The number of rotatable bonds is 9. The van der Waals surface area contributed by atoms with Gasteiger partial charge in [0.15, 0.2) is 4.34 Å². The van der Waals surface area contributed by atoms with Crippen LogP contribution in [0, 0.1) is 0 Å². The maximum absolute atomic E-state index is 12.1. The molecule has 25 heavy (non-hydrogen) atoms. The maximum Gasteiger partial charge on any atom is 0.234 e. The van der Waals surface area contributed by atoms with E-state index in [-0.39, 0.29) is 5.91 Å². The lowest BCUT2D eigenvalue weighted by atomic mass is 10.2. The predicted octanol–water partition coefficient (Wildman–Crippen LogP) is 3.94. The average molecular weight is 380 g/mol. The first-order valence-electron chi connectivity index (χ1n) is 8.39. The summed E-state index contributed by atoms with van der Waals surface area (Å²) in [5.41, 5.74) is 1.97. The van der Waals surface area contributed by atoms with E-state index in [1.54, 1.807) is 0 Å². The average Bonchev–Trinajstić information content (AvgIpc) is 3.02. The summed E-state index contributed by atoms with van der Waals surface area (Å²) in [6, 6.07) is 8.25. The second-order valence-electron chi connectivity index (χ2n) is 5.73. The summed E-state index contributed by atoms with van der Waals surface area (Å²) in [5.74, 6) is 0.267. The van der Waals surface area contributed by atoms with Crippen LogP contribution in [0.4, 0.5) is 16.5 Å². The number of thioether (sulfide) groups is 1. The SMILES string of the molecule is CCN(CC)c1ccc(NC(=O)CSc2nnc(NC(C)C)s2)cc1. The van der Waals surface area contributed by atoms with Gasteiger partial charge in [0.05, 0.1) is 5.75 Å². The van der Waals surface area contributed by atoms with Gasteiger partial charge in [0.2, 0.25) is 11.0 Å². The van der Waals surface area contributed by atoms with Crippen molar-refractivity contribution in [3.63, 3.8) is 0 Å². The number of hydrogen-bond acceptors (Lipinski definition) is 7. The van der Waals surface area contributed by atoms with Gasteiger partial charge in [-0.1, -0.05) is 23.1 Å². The highest BCUT2D eigenvalue weighted by molar-refractivity contribution is 8.01. The molecule has 1 amide bonds. The van der Waals surface area contributed by atoms with Gasteiger partial charge in [-0.2, -0.15) is 0 Å². The van der Waals surface area contributed by atoms with Crippen LogP contribution in [0.2, 0.25) is 0 Å². The molecule has 0 saturated heterocycles. The summed E-state index contributed by atoms with van der Waals surface area (Å²) in [6.45, 7) is 10.3. The number of anilines is 3. The Balaban J connectivity index is 1.82. The second-order valence-corrected chi connectivity index (χ2v) is 7.93. The number of carbonyl (C=O) groups is 1. The highest BCUT2D eigenvalue weighted by Crippen LogP contribution is 2.26. The minimum absolute atomic E-state index is 0.0471. The molecule has 0 unspecified atom stereocenters. The molecule has 8 heteroatoms. The molecule has 6 nitrogen and oxygen atoms in total. The van der Waals surface area contributed by atoms with E-state index in [0.29, 0.717) is 11.8 Å². The fraction of sp³-hybridized carbons (Fsp3) is 0.471. The standard InChI is InChI=1S/C17H25N5OS2/c1-5-22(6-2)14-9-7-13(8-10-14)19-15(23)11-24-17-21-20-16(25-17)18-12(3)4/h7-10,12H,5-6,11H2,1-4H3,(H,18,20)(H,19,23). The van der Waals surface area contributed by atoms with Gasteiger partial charge < -0.3 is 15.5 Å². The van der Waals surface area contributed by atoms with Gasteiger partial charge in [-0.25, -0.2) is 0 Å². The number of carbonyl (C=O) groups excluding carboxylic acids is 1. The normalized spacial score (nSPS) is 10.8. The Hall–Kier alpha value is -1.80. The zero-order valence-corrected chi connectivity index (χ0v) is 16.7. The number of amides is 1. The van der Waals surface area contributed by atoms with E-state index in [4.69, 9.17) is 0 Å². The monoisotopic (exact) mass is 379 g/mol. The fourth-order valence-electron chi connectivity index (χ4n) is 2.24. The maximum atomic E-state index is 12.1. The summed E-state index contributed by atoms with van der Waals surface area (Å²) in [4.78, 5) is 14.4. The lowest BCUT2D eigenvalue weighted by Crippen LogP contribution is -2.21. The van der Waals surface area contributed by atoms with Crippen LogP contribution < -0.4 is 15.5 Å². The van der Waals surface area contributed by atoms with Crippen molar-refractivity contribution in [3.8, 4) is 0 Å². The first-order chi connectivity index (χ1) is 12.0. The molecule has 0 bridgehead atoms. The molecule has 136 valence electrons. The summed E-state index contributed by atoms with van der Waals surface area (Å²) >= 11 is 2.86. The molecular weight excluding hydrogens is 354 g/mol. The number of nitrogens with zero attached hydrogens (tertiary/aromatic N) is 3. The van der Waals surface area contributed by atoms with Gasteiger partial charge in [0.25, 0.3) is 0 Å². The molecule has 0 aliphatic carbocycles. The Bertz CT molecular complexity index is 668. The third-order valence-electron chi connectivity index (χ3n) is 3.42. The van der Waals surface area contributed by atoms with Crippen LogP contribution in [0.5, 0.6) is 0 Å². The molecule has 2 rings (SSSR count). The van der Waals surface area contributed by atoms with E-state index in [2.05, 4.69) is 39.6 Å². The molecule has 0 aliphatic rings. The third kappa shape index (κ3) is 6.21. The molecule has 2 N–H and O–H groups in total. The second kappa shape index (κ2) is 9.62. The zero-order valence-electron chi connectivity index (χ0n) is 15.1. The summed E-state index contributed by atoms with van der Waals surface area (Å²) < 4.78 is 0.787. The summed E-state index contributed by atoms with van der Waals surface area (Å²) in [7, 11) is 0. The molecule has 0 spiro atoms. The van der Waals surface area contributed by atoms with Crippen molar-refractivity contribution in [2.45, 2.75) is 38.1 Å². The summed E-state index contributed by atoms with van der Waals surface area (Å²) in [6.07, 6.45) is 0. The lowest BCUT2D eigenvalue weighted by Gasteiger charge is -2.21. The van der Waals surface area contributed by atoms with Gasteiger partial charge in [-0.3, -0.25) is 4.79 Å². The van der Waals surface area contributed by atoms with Crippen LogP contribution >= 0.6 is 23.1 Å². The molecular formula is C17H25N5OS2. The third-order valence-corrected chi connectivity index (χ3v) is 5.41. The van der Waals surface area contributed by atoms with Crippen molar-refractivity contribution in [2.75, 3.05) is 34.4 Å². The number of aromatic nitrogens is 2. The van der Waals surface area contributed by atoms with E-state index in [1.165, 1.54) is 23.1 Å². The molecule has 0 fully saturated rings. The Labute approximate surface area is 157 Å². The Kier molecular flexibility index (Phi) is 7.52. The zero-order chi connectivity index (χ0) is 18.2. The van der Waals surface area contributed by atoms with E-state index >= 15 is 0 Å². The number of nitrogens with one attached hydrogen (secondary N) is 2. The van der Waals surface area contributed by atoms with Crippen LogP contribution in [0.25, 0.3) is 0 Å². The quantitative estimate of drug-likeness (QED) is 0.643. The molecule has 2 aromatic rings. The first-order valence-corrected chi connectivity index (χ1v) is 10.2. The minimum Gasteiger partial charge on any atom is -0.372 e. The molecule has 0 saturated carbocycles. The largest absolute Gasteiger partial charge is 0.372 e. The van der Waals surface area contributed by atoms with Crippen molar-refractivity contribution in [1.82, 2.24) is 10.2 Å². The van der Waals surface area contributed by atoms with Gasteiger partial charge in [0, 0.05) is 30.5 Å². The van der Waals surface area contributed by atoms with E-state index in [0.717, 1.165) is 33.9 Å². The van der Waals surface area contributed by atoms with Crippen LogP contribution in [0.1, 0.15) is 27.7 Å².